The zero-order valence-electron chi connectivity index (χ0n) is 14.0. The van der Waals surface area contributed by atoms with Gasteiger partial charge in [0.05, 0.1) is 26.0 Å². The van der Waals surface area contributed by atoms with Gasteiger partial charge in [-0.25, -0.2) is 4.79 Å². The molecule has 0 aliphatic heterocycles. The number of amides is 2. The monoisotopic (exact) mass is 330 g/mol. The molecule has 1 unspecified atom stereocenters. The van der Waals surface area contributed by atoms with E-state index >= 15 is 0 Å². The minimum atomic E-state index is -0.329. The maximum Gasteiger partial charge on any atom is 0.319 e. The van der Waals surface area contributed by atoms with E-state index in [2.05, 4.69) is 10.6 Å². The van der Waals surface area contributed by atoms with Crippen LogP contribution in [0.25, 0.3) is 0 Å². The fraction of sp³-hybridized carbons (Fsp3) is 0.278. The predicted molar refractivity (Wildman–Crippen MR) is 92.8 cm³/mol. The van der Waals surface area contributed by atoms with Gasteiger partial charge in [-0.1, -0.05) is 24.3 Å². The Morgan fingerprint density at radius 3 is 2.54 bits per heavy atom. The second-order valence-corrected chi connectivity index (χ2v) is 5.04. The molecule has 0 fully saturated rings. The van der Waals surface area contributed by atoms with E-state index in [1.807, 2.05) is 36.4 Å². The number of hydrogen-bond donors (Lipinski definition) is 2. The molecule has 0 heterocycles. The predicted octanol–water partition coefficient (Wildman–Crippen LogP) is 3.21. The Labute approximate surface area is 141 Å². The number of carbonyl (C=O) groups is 1. The van der Waals surface area contributed by atoms with Crippen molar-refractivity contribution in [1.29, 1.82) is 0 Å². The van der Waals surface area contributed by atoms with E-state index in [-0.39, 0.29) is 12.1 Å². The van der Waals surface area contributed by atoms with E-state index in [1.165, 1.54) is 0 Å². The summed E-state index contributed by atoms with van der Waals surface area (Å²) in [5, 5.41) is 5.56. The van der Waals surface area contributed by atoms with Crippen LogP contribution in [0.2, 0.25) is 0 Å². The van der Waals surface area contributed by atoms with E-state index < -0.39 is 0 Å². The lowest BCUT2D eigenvalue weighted by Crippen LogP contribution is -2.33. The van der Waals surface area contributed by atoms with Gasteiger partial charge in [0.2, 0.25) is 0 Å². The van der Waals surface area contributed by atoms with E-state index in [4.69, 9.17) is 14.2 Å². The smallest absolute Gasteiger partial charge is 0.319 e. The van der Waals surface area contributed by atoms with Crippen LogP contribution in [-0.2, 0) is 4.74 Å². The molecule has 0 bridgehead atoms. The molecule has 1 atom stereocenters. The summed E-state index contributed by atoms with van der Waals surface area (Å²) in [5.74, 6) is 1.34. The minimum Gasteiger partial charge on any atom is -0.497 e. The van der Waals surface area contributed by atoms with Gasteiger partial charge in [0.25, 0.3) is 0 Å². The zero-order chi connectivity index (χ0) is 17.4. The normalized spacial score (nSPS) is 11.5. The maximum absolute atomic E-state index is 12.1. The van der Waals surface area contributed by atoms with Gasteiger partial charge < -0.3 is 24.8 Å². The fourth-order valence-corrected chi connectivity index (χ4v) is 2.28. The molecule has 0 aliphatic rings. The van der Waals surface area contributed by atoms with Crippen LogP contribution in [0.1, 0.15) is 11.7 Å². The fourth-order valence-electron chi connectivity index (χ4n) is 2.28. The van der Waals surface area contributed by atoms with Crippen molar-refractivity contribution < 1.29 is 19.0 Å². The molecule has 6 nitrogen and oxygen atoms in total. The van der Waals surface area contributed by atoms with Gasteiger partial charge in [0.15, 0.2) is 0 Å². The van der Waals surface area contributed by atoms with E-state index in [1.54, 1.807) is 33.5 Å². The molecule has 128 valence electrons. The summed E-state index contributed by atoms with van der Waals surface area (Å²) in [6.07, 6.45) is -0.275. The van der Waals surface area contributed by atoms with Crippen LogP contribution in [0.5, 0.6) is 11.5 Å². The summed E-state index contributed by atoms with van der Waals surface area (Å²) in [6, 6.07) is 14.4. The highest BCUT2D eigenvalue weighted by Gasteiger charge is 2.13. The van der Waals surface area contributed by atoms with Crippen LogP contribution in [0.3, 0.4) is 0 Å². The third kappa shape index (κ3) is 4.63. The molecule has 0 saturated carbocycles. The lowest BCUT2D eigenvalue weighted by molar-refractivity contribution is 0.104. The Bertz CT molecular complexity index is 676. The highest BCUT2D eigenvalue weighted by Crippen LogP contribution is 2.23. The summed E-state index contributed by atoms with van der Waals surface area (Å²) < 4.78 is 15.9. The summed E-state index contributed by atoms with van der Waals surface area (Å²) in [5.41, 5.74) is 1.53. The molecule has 2 aromatic rings. The first kappa shape index (κ1) is 17.6. The van der Waals surface area contributed by atoms with Crippen molar-refractivity contribution in [1.82, 2.24) is 5.32 Å². The van der Waals surface area contributed by atoms with Crippen molar-refractivity contribution in [2.24, 2.45) is 0 Å². The Hall–Kier alpha value is -2.73. The van der Waals surface area contributed by atoms with Crippen molar-refractivity contribution >= 4 is 11.7 Å². The molecule has 0 radical (unpaired) electrons. The first-order valence-electron chi connectivity index (χ1n) is 7.52. The summed E-state index contributed by atoms with van der Waals surface area (Å²) in [4.78, 5) is 12.1. The van der Waals surface area contributed by atoms with Crippen molar-refractivity contribution in [3.8, 4) is 11.5 Å². The lowest BCUT2D eigenvalue weighted by Gasteiger charge is -2.18. The molecule has 0 aliphatic carbocycles. The number of hydrogen-bond acceptors (Lipinski definition) is 4. The van der Waals surface area contributed by atoms with Crippen LogP contribution in [-0.4, -0.2) is 33.9 Å². The first-order valence-corrected chi connectivity index (χ1v) is 7.52. The number of urea groups is 1. The van der Waals surface area contributed by atoms with Gasteiger partial charge in [0, 0.05) is 13.7 Å². The lowest BCUT2D eigenvalue weighted by atomic mass is 10.1. The maximum atomic E-state index is 12.1. The number of ether oxygens (including phenoxy) is 3. The van der Waals surface area contributed by atoms with Crippen LogP contribution >= 0.6 is 0 Å². The molecule has 6 heteroatoms. The second kappa shape index (κ2) is 8.79. The number of para-hydroxylation sites is 2. The van der Waals surface area contributed by atoms with Gasteiger partial charge in [-0.15, -0.1) is 0 Å². The van der Waals surface area contributed by atoms with Gasteiger partial charge >= 0.3 is 6.03 Å². The van der Waals surface area contributed by atoms with Crippen molar-refractivity contribution in [2.75, 3.05) is 33.2 Å². The average Bonchev–Trinajstić information content (AvgIpc) is 2.63. The largest absolute Gasteiger partial charge is 0.497 e. The van der Waals surface area contributed by atoms with Crippen LogP contribution in [0.4, 0.5) is 10.5 Å². The van der Waals surface area contributed by atoms with E-state index in [0.717, 1.165) is 11.3 Å². The van der Waals surface area contributed by atoms with Crippen molar-refractivity contribution in [2.45, 2.75) is 6.10 Å². The summed E-state index contributed by atoms with van der Waals surface area (Å²) >= 11 is 0. The summed E-state index contributed by atoms with van der Waals surface area (Å²) in [7, 11) is 4.77. The topological polar surface area (TPSA) is 68.8 Å². The molecule has 0 saturated heterocycles. The Kier molecular flexibility index (Phi) is 6.45. The molecule has 2 rings (SSSR count). The molecule has 0 aromatic heterocycles. The van der Waals surface area contributed by atoms with Crippen molar-refractivity contribution in [3.05, 3.63) is 54.1 Å². The Morgan fingerprint density at radius 1 is 1.04 bits per heavy atom. The number of methoxy groups -OCH3 is 3. The highest BCUT2D eigenvalue weighted by atomic mass is 16.5. The van der Waals surface area contributed by atoms with E-state index in [9.17, 15) is 4.79 Å². The minimum absolute atomic E-state index is 0.275. The molecular weight excluding hydrogens is 308 g/mol. The van der Waals surface area contributed by atoms with Crippen LogP contribution in [0, 0.1) is 0 Å². The standard InChI is InChI=1S/C18H22N2O4/c1-22-14-8-6-7-13(11-14)17(24-3)12-19-18(21)20-15-9-4-5-10-16(15)23-2/h4-11,17H,12H2,1-3H3,(H2,19,20,21). The molecule has 24 heavy (non-hydrogen) atoms. The van der Waals surface area contributed by atoms with Crippen molar-refractivity contribution in [3.63, 3.8) is 0 Å². The molecule has 0 spiro atoms. The average molecular weight is 330 g/mol. The van der Waals surface area contributed by atoms with Gasteiger partial charge in [-0.05, 0) is 29.8 Å². The number of anilines is 1. The number of nitrogens with one attached hydrogen (secondary N) is 2. The van der Waals surface area contributed by atoms with Gasteiger partial charge in [-0.2, -0.15) is 0 Å². The number of rotatable bonds is 7. The first-order chi connectivity index (χ1) is 11.7. The quantitative estimate of drug-likeness (QED) is 0.818. The van der Waals surface area contributed by atoms with E-state index in [0.29, 0.717) is 18.0 Å². The van der Waals surface area contributed by atoms with Crippen LogP contribution in [0.15, 0.2) is 48.5 Å². The molecule has 2 N–H and O–H groups in total. The zero-order valence-corrected chi connectivity index (χ0v) is 14.0. The third-order valence-corrected chi connectivity index (χ3v) is 3.55. The van der Waals surface area contributed by atoms with Gasteiger partial charge in [-0.3, -0.25) is 0 Å². The SMILES string of the molecule is COc1cccc(C(CNC(=O)Nc2ccccc2OC)OC)c1. The van der Waals surface area contributed by atoms with Crippen LogP contribution < -0.4 is 20.1 Å². The second-order valence-electron chi connectivity index (χ2n) is 5.04. The molecular formula is C18H22N2O4. The van der Waals surface area contributed by atoms with Gasteiger partial charge in [0.1, 0.15) is 11.5 Å². The number of benzene rings is 2. The summed E-state index contributed by atoms with van der Waals surface area (Å²) in [6.45, 7) is 0.324. The molecule has 2 aromatic carbocycles. The Morgan fingerprint density at radius 2 is 1.83 bits per heavy atom. The third-order valence-electron chi connectivity index (χ3n) is 3.55. The number of carbonyl (C=O) groups excluding carboxylic acids is 1. The highest BCUT2D eigenvalue weighted by molar-refractivity contribution is 5.90. The Balaban J connectivity index is 1.96. The molecule has 2 amide bonds.